The maximum absolute atomic E-state index is 8.77. The molecule has 0 aliphatic heterocycles. The van der Waals surface area contributed by atoms with Gasteiger partial charge in [-0.2, -0.15) is 0 Å². The maximum Gasteiger partial charge on any atom is 0.119 e. The Hall–Kier alpha value is -2.10. The standard InChI is InChI=1S/C18H20O3/c1-20-17-9-5-8-16(14-17)18(10-12-21-13-11-19)15-6-3-2-4-7-15/h2-10,14,19H,11-13H2,1H3. The minimum Gasteiger partial charge on any atom is -0.497 e. The van der Waals surface area contributed by atoms with E-state index in [2.05, 4.69) is 12.1 Å². The van der Waals surface area contributed by atoms with Gasteiger partial charge in [-0.3, -0.25) is 0 Å². The van der Waals surface area contributed by atoms with Crippen molar-refractivity contribution in [1.29, 1.82) is 0 Å². The van der Waals surface area contributed by atoms with E-state index in [0.29, 0.717) is 13.2 Å². The van der Waals surface area contributed by atoms with Gasteiger partial charge < -0.3 is 14.6 Å². The normalized spacial score (nSPS) is 11.4. The Morgan fingerprint density at radius 1 is 1.05 bits per heavy atom. The van der Waals surface area contributed by atoms with Crippen LogP contribution < -0.4 is 4.74 Å². The lowest BCUT2D eigenvalue weighted by molar-refractivity contribution is 0.112. The van der Waals surface area contributed by atoms with Gasteiger partial charge in [0.15, 0.2) is 0 Å². The van der Waals surface area contributed by atoms with Gasteiger partial charge in [0.05, 0.1) is 26.9 Å². The van der Waals surface area contributed by atoms with Crippen LogP contribution in [0.5, 0.6) is 5.75 Å². The summed E-state index contributed by atoms with van der Waals surface area (Å²) in [4.78, 5) is 0. The van der Waals surface area contributed by atoms with E-state index in [1.807, 2.05) is 48.5 Å². The van der Waals surface area contributed by atoms with Crippen LogP contribution >= 0.6 is 0 Å². The quantitative estimate of drug-likeness (QED) is 0.794. The molecule has 0 amide bonds. The lowest BCUT2D eigenvalue weighted by Crippen LogP contribution is -2.00. The molecule has 0 saturated heterocycles. The summed E-state index contributed by atoms with van der Waals surface area (Å²) >= 11 is 0. The number of ether oxygens (including phenoxy) is 2. The SMILES string of the molecule is COc1cccc(C(=CCOCCO)c2ccccc2)c1. The summed E-state index contributed by atoms with van der Waals surface area (Å²) in [6.45, 7) is 0.840. The number of rotatable bonds is 7. The van der Waals surface area contributed by atoms with E-state index in [1.165, 1.54) is 0 Å². The third kappa shape index (κ3) is 4.45. The van der Waals surface area contributed by atoms with E-state index in [1.54, 1.807) is 7.11 Å². The monoisotopic (exact) mass is 284 g/mol. The molecule has 0 aliphatic rings. The molecule has 0 fully saturated rings. The largest absolute Gasteiger partial charge is 0.497 e. The average molecular weight is 284 g/mol. The van der Waals surface area contributed by atoms with Crippen LogP contribution in [0.3, 0.4) is 0 Å². The van der Waals surface area contributed by atoms with Crippen LogP contribution in [0, 0.1) is 0 Å². The Labute approximate surface area is 125 Å². The van der Waals surface area contributed by atoms with Crippen molar-refractivity contribution in [2.24, 2.45) is 0 Å². The highest BCUT2D eigenvalue weighted by molar-refractivity contribution is 5.80. The summed E-state index contributed by atoms with van der Waals surface area (Å²) < 4.78 is 10.6. The van der Waals surface area contributed by atoms with Crippen molar-refractivity contribution in [1.82, 2.24) is 0 Å². The molecular formula is C18H20O3. The molecule has 0 atom stereocenters. The second kappa shape index (κ2) is 8.25. The molecule has 3 nitrogen and oxygen atoms in total. The van der Waals surface area contributed by atoms with Gasteiger partial charge >= 0.3 is 0 Å². The highest BCUT2D eigenvalue weighted by atomic mass is 16.5. The molecule has 0 radical (unpaired) electrons. The van der Waals surface area contributed by atoms with E-state index in [0.717, 1.165) is 22.4 Å². The first kappa shape index (κ1) is 15.3. The zero-order valence-corrected chi connectivity index (χ0v) is 12.2. The van der Waals surface area contributed by atoms with Crippen molar-refractivity contribution in [2.45, 2.75) is 0 Å². The first-order chi connectivity index (χ1) is 10.3. The van der Waals surface area contributed by atoms with Gasteiger partial charge in [0.25, 0.3) is 0 Å². The fraction of sp³-hybridized carbons (Fsp3) is 0.222. The topological polar surface area (TPSA) is 38.7 Å². The Bertz CT molecular complexity index is 576. The molecule has 21 heavy (non-hydrogen) atoms. The number of hydrogen-bond donors (Lipinski definition) is 1. The summed E-state index contributed by atoms with van der Waals surface area (Å²) in [5.74, 6) is 0.825. The van der Waals surface area contributed by atoms with Crippen molar-refractivity contribution in [3.05, 3.63) is 71.8 Å². The van der Waals surface area contributed by atoms with E-state index in [9.17, 15) is 0 Å². The van der Waals surface area contributed by atoms with Gasteiger partial charge in [-0.25, -0.2) is 0 Å². The number of methoxy groups -OCH3 is 1. The van der Waals surface area contributed by atoms with Crippen molar-refractivity contribution >= 4 is 5.57 Å². The summed E-state index contributed by atoms with van der Waals surface area (Å²) in [5.41, 5.74) is 3.29. The van der Waals surface area contributed by atoms with Crippen LogP contribution in [-0.2, 0) is 4.74 Å². The maximum atomic E-state index is 8.77. The van der Waals surface area contributed by atoms with Crippen molar-refractivity contribution in [3.8, 4) is 5.75 Å². The highest BCUT2D eigenvalue weighted by Gasteiger charge is 2.05. The van der Waals surface area contributed by atoms with E-state index < -0.39 is 0 Å². The summed E-state index contributed by atoms with van der Waals surface area (Å²) in [6.07, 6.45) is 2.03. The number of hydrogen-bond acceptors (Lipinski definition) is 3. The van der Waals surface area contributed by atoms with E-state index in [-0.39, 0.29) is 6.61 Å². The van der Waals surface area contributed by atoms with E-state index >= 15 is 0 Å². The first-order valence-corrected chi connectivity index (χ1v) is 6.93. The van der Waals surface area contributed by atoms with E-state index in [4.69, 9.17) is 14.6 Å². The number of aliphatic hydroxyl groups is 1. The Kier molecular flexibility index (Phi) is 6.00. The molecule has 2 rings (SSSR count). The number of benzene rings is 2. The Morgan fingerprint density at radius 2 is 1.81 bits per heavy atom. The minimum absolute atomic E-state index is 0.0354. The van der Waals surface area contributed by atoms with Gasteiger partial charge in [0.2, 0.25) is 0 Å². The lowest BCUT2D eigenvalue weighted by Gasteiger charge is -2.10. The molecule has 1 N–H and O–H groups in total. The lowest BCUT2D eigenvalue weighted by atomic mass is 9.97. The van der Waals surface area contributed by atoms with Crippen LogP contribution in [0.2, 0.25) is 0 Å². The zero-order valence-electron chi connectivity index (χ0n) is 12.2. The molecule has 0 aliphatic carbocycles. The van der Waals surface area contributed by atoms with Crippen LogP contribution in [0.25, 0.3) is 5.57 Å². The van der Waals surface area contributed by atoms with Gasteiger partial charge in [-0.15, -0.1) is 0 Å². The molecule has 0 unspecified atom stereocenters. The smallest absolute Gasteiger partial charge is 0.119 e. The second-order valence-corrected chi connectivity index (χ2v) is 4.51. The molecule has 0 saturated carbocycles. The molecule has 110 valence electrons. The van der Waals surface area contributed by atoms with Crippen molar-refractivity contribution < 1.29 is 14.6 Å². The second-order valence-electron chi connectivity index (χ2n) is 4.51. The Morgan fingerprint density at radius 3 is 2.52 bits per heavy atom. The van der Waals surface area contributed by atoms with Gasteiger partial charge in [-0.1, -0.05) is 48.5 Å². The summed E-state index contributed by atoms with van der Waals surface area (Å²) in [7, 11) is 1.66. The van der Waals surface area contributed by atoms with Crippen molar-refractivity contribution in [2.75, 3.05) is 26.9 Å². The van der Waals surface area contributed by atoms with Gasteiger partial charge in [-0.05, 0) is 28.8 Å². The van der Waals surface area contributed by atoms with Crippen LogP contribution in [0.4, 0.5) is 0 Å². The minimum atomic E-state index is 0.0354. The zero-order chi connectivity index (χ0) is 14.9. The highest BCUT2D eigenvalue weighted by Crippen LogP contribution is 2.26. The summed E-state index contributed by atoms with van der Waals surface area (Å²) in [5, 5.41) is 8.77. The molecule has 2 aromatic carbocycles. The molecule has 0 bridgehead atoms. The average Bonchev–Trinajstić information content (AvgIpc) is 2.56. The third-order valence-corrected chi connectivity index (χ3v) is 3.11. The molecule has 0 aromatic heterocycles. The van der Waals surface area contributed by atoms with Gasteiger partial charge in [0, 0.05) is 0 Å². The first-order valence-electron chi connectivity index (χ1n) is 6.93. The van der Waals surface area contributed by atoms with Gasteiger partial charge in [0.1, 0.15) is 5.75 Å². The van der Waals surface area contributed by atoms with Crippen LogP contribution in [0.1, 0.15) is 11.1 Å². The predicted octanol–water partition coefficient (Wildman–Crippen LogP) is 3.14. The fourth-order valence-corrected chi connectivity index (χ4v) is 2.10. The Balaban J connectivity index is 2.31. The fourth-order valence-electron chi connectivity index (χ4n) is 2.10. The molecular weight excluding hydrogens is 264 g/mol. The molecule has 3 heteroatoms. The molecule has 0 heterocycles. The molecule has 2 aromatic rings. The molecule has 0 spiro atoms. The number of aliphatic hydroxyl groups excluding tert-OH is 1. The van der Waals surface area contributed by atoms with Crippen LogP contribution in [0.15, 0.2) is 60.7 Å². The third-order valence-electron chi connectivity index (χ3n) is 3.11. The van der Waals surface area contributed by atoms with Crippen LogP contribution in [-0.4, -0.2) is 32.0 Å². The predicted molar refractivity (Wildman–Crippen MR) is 84.4 cm³/mol. The van der Waals surface area contributed by atoms with Crippen molar-refractivity contribution in [3.63, 3.8) is 0 Å². The summed E-state index contributed by atoms with van der Waals surface area (Å²) in [6, 6.07) is 18.1.